The van der Waals surface area contributed by atoms with Crippen LogP contribution in [0.1, 0.15) is 36.1 Å². The number of nitrogens with zero attached hydrogens (tertiary/aromatic N) is 1. The highest BCUT2D eigenvalue weighted by Gasteiger charge is 2.35. The molecule has 0 aromatic heterocycles. The number of hydrogen-bond acceptors (Lipinski definition) is 2. The predicted octanol–water partition coefficient (Wildman–Crippen LogP) is 3.29. The minimum absolute atomic E-state index is 0.171. The van der Waals surface area contributed by atoms with Gasteiger partial charge in [0.15, 0.2) is 0 Å². The number of ketones is 1. The number of carbonyl (C=O) groups is 2. The van der Waals surface area contributed by atoms with Gasteiger partial charge in [0, 0.05) is 12.8 Å². The number of carbonyl (C=O) groups excluding carboxylic acids is 2. The van der Waals surface area contributed by atoms with E-state index in [9.17, 15) is 9.59 Å². The molecule has 0 unspecified atom stereocenters. The molecule has 1 amide bonds. The van der Waals surface area contributed by atoms with Gasteiger partial charge in [-0.25, -0.2) is 0 Å². The zero-order valence-electron chi connectivity index (χ0n) is 11.7. The summed E-state index contributed by atoms with van der Waals surface area (Å²) in [6, 6.07) is 19.2. The van der Waals surface area contributed by atoms with Crippen molar-refractivity contribution >= 4 is 12.2 Å². The fraction of sp³-hybridized carbons (Fsp3) is 0.222. The predicted molar refractivity (Wildman–Crippen MR) is 80.5 cm³/mol. The second-order valence-corrected chi connectivity index (χ2v) is 5.35. The van der Waals surface area contributed by atoms with Crippen molar-refractivity contribution in [2.45, 2.75) is 24.9 Å². The molecular weight excluding hydrogens is 262 g/mol. The molecule has 3 heteroatoms. The fourth-order valence-corrected chi connectivity index (χ4v) is 3.02. The van der Waals surface area contributed by atoms with Crippen LogP contribution in [0.4, 0.5) is 0 Å². The van der Waals surface area contributed by atoms with Crippen molar-refractivity contribution in [2.75, 3.05) is 0 Å². The van der Waals surface area contributed by atoms with Gasteiger partial charge in [-0.05, 0) is 11.1 Å². The molecule has 1 fully saturated rings. The lowest BCUT2D eigenvalue weighted by Crippen LogP contribution is -2.38. The van der Waals surface area contributed by atoms with Gasteiger partial charge in [0.25, 0.3) is 0 Å². The third-order valence-corrected chi connectivity index (χ3v) is 4.05. The van der Waals surface area contributed by atoms with E-state index in [2.05, 4.69) is 0 Å². The van der Waals surface area contributed by atoms with Crippen LogP contribution in [0.3, 0.4) is 0 Å². The number of amides is 1. The standard InChI is InChI=1S/C18H17NO2/c20-13-19-17(14-7-3-1-4-8-14)11-16(21)12-18(19)15-9-5-2-6-10-15/h1-10,13,17-18H,11-12H2/t17-,18+. The van der Waals surface area contributed by atoms with E-state index >= 15 is 0 Å². The van der Waals surface area contributed by atoms with Gasteiger partial charge < -0.3 is 4.90 Å². The second-order valence-electron chi connectivity index (χ2n) is 5.35. The van der Waals surface area contributed by atoms with Gasteiger partial charge in [0.05, 0.1) is 12.1 Å². The topological polar surface area (TPSA) is 37.4 Å². The summed E-state index contributed by atoms with van der Waals surface area (Å²) in [6.07, 6.45) is 1.67. The molecule has 0 spiro atoms. The maximum Gasteiger partial charge on any atom is 0.210 e. The maximum absolute atomic E-state index is 12.1. The minimum atomic E-state index is -0.171. The number of piperidine rings is 1. The van der Waals surface area contributed by atoms with E-state index in [1.807, 2.05) is 60.7 Å². The van der Waals surface area contributed by atoms with Crippen molar-refractivity contribution in [3.8, 4) is 0 Å². The van der Waals surface area contributed by atoms with Crippen LogP contribution in [-0.2, 0) is 9.59 Å². The van der Waals surface area contributed by atoms with Crippen molar-refractivity contribution < 1.29 is 9.59 Å². The molecule has 1 aliphatic rings. The Morgan fingerprint density at radius 3 is 1.62 bits per heavy atom. The summed E-state index contributed by atoms with van der Waals surface area (Å²) < 4.78 is 0. The first-order valence-corrected chi connectivity index (χ1v) is 7.14. The van der Waals surface area contributed by atoms with E-state index in [-0.39, 0.29) is 17.9 Å². The van der Waals surface area contributed by atoms with E-state index in [1.165, 1.54) is 0 Å². The summed E-state index contributed by atoms with van der Waals surface area (Å²) in [7, 11) is 0. The van der Waals surface area contributed by atoms with Gasteiger partial charge in [-0.1, -0.05) is 60.7 Å². The molecule has 0 N–H and O–H groups in total. The highest BCUT2D eigenvalue weighted by atomic mass is 16.1. The quantitative estimate of drug-likeness (QED) is 0.808. The molecule has 106 valence electrons. The molecule has 1 aliphatic heterocycles. The Balaban J connectivity index is 1.98. The van der Waals surface area contributed by atoms with E-state index < -0.39 is 0 Å². The molecule has 0 saturated carbocycles. The lowest BCUT2D eigenvalue weighted by molar-refractivity contribution is -0.133. The molecular formula is C18H17NO2. The van der Waals surface area contributed by atoms with Gasteiger partial charge in [0.2, 0.25) is 6.41 Å². The summed E-state index contributed by atoms with van der Waals surface area (Å²) >= 11 is 0. The van der Waals surface area contributed by atoms with Gasteiger partial charge in [0.1, 0.15) is 5.78 Å². The molecule has 1 heterocycles. The summed E-state index contributed by atoms with van der Waals surface area (Å²) in [5.41, 5.74) is 2.03. The molecule has 2 aromatic rings. The molecule has 21 heavy (non-hydrogen) atoms. The van der Waals surface area contributed by atoms with Crippen molar-refractivity contribution in [3.05, 3.63) is 71.8 Å². The SMILES string of the molecule is O=CN1[C@@H](c2ccccc2)CC(=O)C[C@H]1c1ccccc1. The van der Waals surface area contributed by atoms with Crippen LogP contribution < -0.4 is 0 Å². The second kappa shape index (κ2) is 5.92. The Morgan fingerprint density at radius 1 is 0.810 bits per heavy atom. The Morgan fingerprint density at radius 2 is 1.24 bits per heavy atom. The lowest BCUT2D eigenvalue weighted by Gasteiger charge is -2.39. The van der Waals surface area contributed by atoms with E-state index in [0.717, 1.165) is 17.5 Å². The smallest absolute Gasteiger partial charge is 0.210 e. The van der Waals surface area contributed by atoms with Gasteiger partial charge in [-0.3, -0.25) is 9.59 Å². The van der Waals surface area contributed by atoms with Crippen molar-refractivity contribution in [1.29, 1.82) is 0 Å². The largest absolute Gasteiger partial charge is 0.330 e. The van der Waals surface area contributed by atoms with E-state index in [1.54, 1.807) is 4.90 Å². The van der Waals surface area contributed by atoms with Crippen molar-refractivity contribution in [2.24, 2.45) is 0 Å². The summed E-state index contributed by atoms with van der Waals surface area (Å²) in [5, 5.41) is 0. The van der Waals surface area contributed by atoms with Crippen LogP contribution in [0, 0.1) is 0 Å². The molecule has 1 saturated heterocycles. The Hall–Kier alpha value is -2.42. The van der Waals surface area contributed by atoms with Crippen LogP contribution in [0.25, 0.3) is 0 Å². The number of hydrogen-bond donors (Lipinski definition) is 0. The maximum atomic E-state index is 12.1. The first-order chi connectivity index (χ1) is 10.3. The Bertz CT molecular complexity index is 573. The van der Waals surface area contributed by atoms with Crippen LogP contribution in [-0.4, -0.2) is 17.1 Å². The number of benzene rings is 2. The average Bonchev–Trinajstić information content (AvgIpc) is 2.55. The minimum Gasteiger partial charge on any atom is -0.330 e. The van der Waals surface area contributed by atoms with E-state index in [4.69, 9.17) is 0 Å². The third-order valence-electron chi connectivity index (χ3n) is 4.05. The summed E-state index contributed by atoms with van der Waals surface area (Å²) in [4.78, 5) is 25.6. The molecule has 2 atom stereocenters. The van der Waals surface area contributed by atoms with Crippen LogP contribution >= 0.6 is 0 Å². The zero-order valence-corrected chi connectivity index (χ0v) is 11.7. The fourth-order valence-electron chi connectivity index (χ4n) is 3.02. The molecule has 0 bridgehead atoms. The molecule has 0 radical (unpaired) electrons. The zero-order chi connectivity index (χ0) is 14.7. The van der Waals surface area contributed by atoms with Crippen LogP contribution in [0.2, 0.25) is 0 Å². The first-order valence-electron chi connectivity index (χ1n) is 7.14. The highest BCUT2D eigenvalue weighted by Crippen LogP contribution is 2.38. The van der Waals surface area contributed by atoms with Crippen molar-refractivity contribution in [3.63, 3.8) is 0 Å². The van der Waals surface area contributed by atoms with Crippen molar-refractivity contribution in [1.82, 2.24) is 4.90 Å². The van der Waals surface area contributed by atoms with Gasteiger partial charge >= 0.3 is 0 Å². The monoisotopic (exact) mass is 279 g/mol. The molecule has 0 aliphatic carbocycles. The number of rotatable bonds is 3. The Kier molecular flexibility index (Phi) is 3.82. The number of likely N-dealkylation sites (tertiary alicyclic amines) is 1. The Labute approximate surface area is 124 Å². The van der Waals surface area contributed by atoms with Crippen LogP contribution in [0.15, 0.2) is 60.7 Å². The molecule has 3 nitrogen and oxygen atoms in total. The molecule has 3 rings (SSSR count). The average molecular weight is 279 g/mol. The highest BCUT2D eigenvalue weighted by molar-refractivity contribution is 5.82. The number of Topliss-reactive ketones (excluding diaryl/α,β-unsaturated/α-hetero) is 1. The third kappa shape index (κ3) is 2.72. The molecule has 2 aromatic carbocycles. The summed E-state index contributed by atoms with van der Waals surface area (Å²) in [6.45, 7) is 0. The van der Waals surface area contributed by atoms with E-state index in [0.29, 0.717) is 12.8 Å². The summed E-state index contributed by atoms with van der Waals surface area (Å²) in [5.74, 6) is 0.204. The lowest BCUT2D eigenvalue weighted by atomic mass is 9.87. The first kappa shape index (κ1) is 13.6. The normalized spacial score (nSPS) is 22.1. The van der Waals surface area contributed by atoms with Gasteiger partial charge in [-0.2, -0.15) is 0 Å². The van der Waals surface area contributed by atoms with Gasteiger partial charge in [-0.15, -0.1) is 0 Å². The van der Waals surface area contributed by atoms with Crippen LogP contribution in [0.5, 0.6) is 0 Å².